The van der Waals surface area contributed by atoms with Crippen molar-refractivity contribution >= 4 is 0 Å². The third kappa shape index (κ3) is 5.54. The Kier molecular flexibility index (Phi) is 7.75. The van der Waals surface area contributed by atoms with Gasteiger partial charge in [-0.15, -0.1) is 0 Å². The number of rotatable bonds is 9. The smallest absolute Gasteiger partial charge is 0.117 e. The molecule has 2 aliphatic heterocycles. The van der Waals surface area contributed by atoms with Gasteiger partial charge in [0, 0.05) is 13.2 Å². The Labute approximate surface area is 185 Å². The van der Waals surface area contributed by atoms with Gasteiger partial charge in [0.05, 0.1) is 25.4 Å². The molecule has 0 radical (unpaired) electrons. The Morgan fingerprint density at radius 1 is 0.968 bits per heavy atom. The van der Waals surface area contributed by atoms with Crippen molar-refractivity contribution in [2.45, 2.75) is 43.5 Å². The van der Waals surface area contributed by atoms with E-state index in [1.807, 2.05) is 60.7 Å². The second kappa shape index (κ2) is 10.7. The maximum absolute atomic E-state index is 12.0. The molecule has 0 amide bonds. The van der Waals surface area contributed by atoms with Crippen molar-refractivity contribution in [3.8, 4) is 0 Å². The molecule has 31 heavy (non-hydrogen) atoms. The van der Waals surface area contributed by atoms with Gasteiger partial charge in [-0.3, -0.25) is 0 Å². The van der Waals surface area contributed by atoms with Crippen LogP contribution < -0.4 is 0 Å². The molecule has 0 spiro atoms. The van der Waals surface area contributed by atoms with Crippen LogP contribution >= 0.6 is 0 Å². The van der Waals surface area contributed by atoms with E-state index in [0.717, 1.165) is 56.5 Å². The zero-order chi connectivity index (χ0) is 21.5. The van der Waals surface area contributed by atoms with Crippen LogP contribution in [0.3, 0.4) is 0 Å². The minimum atomic E-state index is -1.00. The SMILES string of the molecule is O[C@@H](COC[C@H]1CCCO1)CN1CCC(C(O)(c2ccccc2)c2ccccc2)CC1. The number of piperidine rings is 1. The Morgan fingerprint density at radius 2 is 1.58 bits per heavy atom. The summed E-state index contributed by atoms with van der Waals surface area (Å²) >= 11 is 0. The third-order valence-corrected chi connectivity index (χ3v) is 6.71. The fourth-order valence-corrected chi connectivity index (χ4v) is 5.02. The number of aliphatic hydroxyl groups is 2. The van der Waals surface area contributed by atoms with Crippen LogP contribution in [0.25, 0.3) is 0 Å². The molecule has 2 fully saturated rings. The van der Waals surface area contributed by atoms with E-state index in [9.17, 15) is 10.2 Å². The van der Waals surface area contributed by atoms with Gasteiger partial charge in [-0.2, -0.15) is 0 Å². The normalized spacial score (nSPS) is 21.9. The molecule has 0 aliphatic carbocycles. The molecule has 0 saturated carbocycles. The first-order chi connectivity index (χ1) is 15.2. The molecule has 2 atom stereocenters. The Hall–Kier alpha value is -1.76. The van der Waals surface area contributed by atoms with Gasteiger partial charge in [0.2, 0.25) is 0 Å². The Balaban J connectivity index is 1.33. The third-order valence-electron chi connectivity index (χ3n) is 6.71. The summed E-state index contributed by atoms with van der Waals surface area (Å²) in [6.07, 6.45) is 3.60. The highest BCUT2D eigenvalue weighted by Gasteiger charge is 2.41. The predicted molar refractivity (Wildman–Crippen MR) is 121 cm³/mol. The van der Waals surface area contributed by atoms with Gasteiger partial charge < -0.3 is 24.6 Å². The zero-order valence-electron chi connectivity index (χ0n) is 18.2. The van der Waals surface area contributed by atoms with E-state index in [0.29, 0.717) is 19.8 Å². The van der Waals surface area contributed by atoms with Gasteiger partial charge in [0.25, 0.3) is 0 Å². The van der Waals surface area contributed by atoms with Crippen molar-refractivity contribution in [3.63, 3.8) is 0 Å². The summed E-state index contributed by atoms with van der Waals surface area (Å²) in [6.45, 7) is 4.06. The van der Waals surface area contributed by atoms with Crippen molar-refractivity contribution in [2.75, 3.05) is 39.5 Å². The number of aliphatic hydroxyl groups excluding tert-OH is 1. The lowest BCUT2D eigenvalue weighted by Gasteiger charge is -2.42. The predicted octanol–water partition coefficient (Wildman–Crippen LogP) is 3.19. The Bertz CT molecular complexity index is 731. The van der Waals surface area contributed by atoms with E-state index < -0.39 is 11.7 Å². The van der Waals surface area contributed by atoms with E-state index in [4.69, 9.17) is 9.47 Å². The fraction of sp³-hybridized carbons (Fsp3) is 0.538. The van der Waals surface area contributed by atoms with Crippen molar-refractivity contribution in [2.24, 2.45) is 5.92 Å². The summed E-state index contributed by atoms with van der Waals surface area (Å²) in [5.74, 6) is 0.126. The molecule has 2 aliphatic rings. The van der Waals surface area contributed by atoms with Crippen LogP contribution in [-0.2, 0) is 15.1 Å². The summed E-state index contributed by atoms with van der Waals surface area (Å²) in [6, 6.07) is 20.0. The van der Waals surface area contributed by atoms with Crippen molar-refractivity contribution in [3.05, 3.63) is 71.8 Å². The van der Waals surface area contributed by atoms with Crippen molar-refractivity contribution < 1.29 is 19.7 Å². The number of likely N-dealkylation sites (tertiary alicyclic amines) is 1. The molecule has 168 valence electrons. The molecule has 5 nitrogen and oxygen atoms in total. The van der Waals surface area contributed by atoms with Gasteiger partial charge >= 0.3 is 0 Å². The van der Waals surface area contributed by atoms with Gasteiger partial charge in [-0.25, -0.2) is 0 Å². The topological polar surface area (TPSA) is 62.2 Å². The van der Waals surface area contributed by atoms with E-state index >= 15 is 0 Å². The van der Waals surface area contributed by atoms with E-state index in [-0.39, 0.29) is 12.0 Å². The maximum atomic E-state index is 12.0. The van der Waals surface area contributed by atoms with E-state index in [2.05, 4.69) is 4.90 Å². The standard InChI is InChI=1S/C26H35NO4/c28-24(19-30-20-25-12-7-17-31-25)18-27-15-13-23(14-16-27)26(29,21-8-3-1-4-9-21)22-10-5-2-6-11-22/h1-6,8-11,23-25,28-29H,7,12-20H2/t24-,25-/m1/s1. The molecule has 2 aromatic carbocycles. The molecule has 2 N–H and O–H groups in total. The number of hydrogen-bond acceptors (Lipinski definition) is 5. The second-order valence-corrected chi connectivity index (χ2v) is 8.90. The maximum Gasteiger partial charge on any atom is 0.117 e. The minimum absolute atomic E-state index is 0.126. The highest BCUT2D eigenvalue weighted by Crippen LogP contribution is 2.41. The lowest BCUT2D eigenvalue weighted by molar-refractivity contribution is -0.0396. The van der Waals surface area contributed by atoms with E-state index in [1.165, 1.54) is 0 Å². The van der Waals surface area contributed by atoms with Crippen LogP contribution in [0.1, 0.15) is 36.8 Å². The zero-order valence-corrected chi connectivity index (χ0v) is 18.2. The van der Waals surface area contributed by atoms with Gasteiger partial charge in [0.1, 0.15) is 5.60 Å². The molecule has 2 heterocycles. The quantitative estimate of drug-likeness (QED) is 0.646. The lowest BCUT2D eigenvalue weighted by Crippen LogP contribution is -2.46. The van der Waals surface area contributed by atoms with Crippen LogP contribution in [0.2, 0.25) is 0 Å². The fourth-order valence-electron chi connectivity index (χ4n) is 5.02. The molecule has 0 aromatic heterocycles. The van der Waals surface area contributed by atoms with Gasteiger partial charge in [-0.1, -0.05) is 60.7 Å². The largest absolute Gasteiger partial charge is 0.389 e. The summed E-state index contributed by atoms with van der Waals surface area (Å²) in [5, 5.41) is 22.4. The number of β-amino-alcohol motifs (C(OH)–C–C–N with tert-alkyl or cyclic N) is 1. The second-order valence-electron chi connectivity index (χ2n) is 8.90. The van der Waals surface area contributed by atoms with Crippen LogP contribution in [0, 0.1) is 5.92 Å². The molecule has 5 heteroatoms. The molecule has 4 rings (SSSR count). The lowest BCUT2D eigenvalue weighted by atomic mass is 9.72. The van der Waals surface area contributed by atoms with Crippen LogP contribution in [0.5, 0.6) is 0 Å². The summed E-state index contributed by atoms with van der Waals surface area (Å²) in [7, 11) is 0. The summed E-state index contributed by atoms with van der Waals surface area (Å²) in [5.41, 5.74) is 0.891. The number of benzene rings is 2. The molecule has 2 saturated heterocycles. The van der Waals surface area contributed by atoms with Gasteiger partial charge in [-0.05, 0) is 55.8 Å². The average molecular weight is 426 g/mol. The van der Waals surface area contributed by atoms with Crippen LogP contribution in [0.4, 0.5) is 0 Å². The van der Waals surface area contributed by atoms with Gasteiger partial charge in [0.15, 0.2) is 0 Å². The average Bonchev–Trinajstić information content (AvgIpc) is 3.34. The summed E-state index contributed by atoms with van der Waals surface area (Å²) < 4.78 is 11.2. The highest BCUT2D eigenvalue weighted by atomic mass is 16.5. The van der Waals surface area contributed by atoms with E-state index in [1.54, 1.807) is 0 Å². The number of hydrogen-bond donors (Lipinski definition) is 2. The molecule has 0 bridgehead atoms. The number of ether oxygens (including phenoxy) is 2. The van der Waals surface area contributed by atoms with Crippen LogP contribution in [0.15, 0.2) is 60.7 Å². The first kappa shape index (κ1) is 22.4. The highest BCUT2D eigenvalue weighted by molar-refractivity contribution is 5.37. The molecular weight excluding hydrogens is 390 g/mol. The summed E-state index contributed by atoms with van der Waals surface area (Å²) in [4.78, 5) is 2.28. The molecular formula is C26H35NO4. The van der Waals surface area contributed by atoms with Crippen molar-refractivity contribution in [1.29, 1.82) is 0 Å². The number of nitrogens with zero attached hydrogens (tertiary/aromatic N) is 1. The first-order valence-corrected chi connectivity index (χ1v) is 11.6. The monoisotopic (exact) mass is 425 g/mol. The first-order valence-electron chi connectivity index (χ1n) is 11.6. The molecule has 0 unspecified atom stereocenters. The van der Waals surface area contributed by atoms with Crippen molar-refractivity contribution in [1.82, 2.24) is 4.90 Å². The minimum Gasteiger partial charge on any atom is -0.389 e. The van der Waals surface area contributed by atoms with Crippen LogP contribution in [-0.4, -0.2) is 66.8 Å². The molecule has 2 aromatic rings. The Morgan fingerprint density at radius 3 is 2.13 bits per heavy atom.